The van der Waals surface area contributed by atoms with E-state index < -0.39 is 34.0 Å². The van der Waals surface area contributed by atoms with Crippen molar-refractivity contribution in [1.29, 1.82) is 0 Å². The van der Waals surface area contributed by atoms with Crippen LogP contribution in [0.15, 0.2) is 18.2 Å². The van der Waals surface area contributed by atoms with Gasteiger partial charge in [-0.25, -0.2) is 0 Å². The minimum Gasteiger partial charge on any atom is -0.398 e. The Hall–Kier alpha value is -1.08. The van der Waals surface area contributed by atoms with Crippen molar-refractivity contribution in [2.75, 3.05) is 11.5 Å². The quantitative estimate of drug-likeness (QED) is 0.375. The molecular formula is C10H10F3IN2O4S. The Bertz CT molecular complexity index is 648. The van der Waals surface area contributed by atoms with Crippen molar-refractivity contribution in [3.05, 3.63) is 27.3 Å². The third kappa shape index (κ3) is 5.67. The van der Waals surface area contributed by atoms with Crippen LogP contribution in [0.2, 0.25) is 0 Å². The Kier molecular flexibility index (Phi) is 5.44. The molecule has 0 aliphatic heterocycles. The SMILES string of the molecule is Nc1ccc(C(=O)NC(CS(=O)(=O)O)C(F)(F)F)cc1I. The first kappa shape index (κ1) is 18.0. The van der Waals surface area contributed by atoms with Crippen LogP contribution in [0.1, 0.15) is 10.4 Å². The molecule has 0 aromatic heterocycles. The molecule has 4 N–H and O–H groups in total. The van der Waals surface area contributed by atoms with E-state index in [2.05, 4.69) is 0 Å². The summed E-state index contributed by atoms with van der Waals surface area (Å²) in [5.41, 5.74) is 5.74. The van der Waals surface area contributed by atoms with Gasteiger partial charge in [0, 0.05) is 14.8 Å². The molecule has 118 valence electrons. The van der Waals surface area contributed by atoms with Crippen LogP contribution >= 0.6 is 22.6 Å². The summed E-state index contributed by atoms with van der Waals surface area (Å²) in [5, 5.41) is 1.53. The highest BCUT2D eigenvalue weighted by molar-refractivity contribution is 14.1. The molecule has 0 spiro atoms. The lowest BCUT2D eigenvalue weighted by atomic mass is 10.2. The zero-order chi connectivity index (χ0) is 16.4. The van der Waals surface area contributed by atoms with Gasteiger partial charge in [0.1, 0.15) is 11.8 Å². The highest BCUT2D eigenvalue weighted by atomic mass is 127. The third-order valence-corrected chi connectivity index (χ3v) is 4.03. The Morgan fingerprint density at radius 2 is 2.00 bits per heavy atom. The number of alkyl halides is 3. The number of amides is 1. The monoisotopic (exact) mass is 438 g/mol. The molecule has 1 aromatic rings. The molecule has 1 rings (SSSR count). The Labute approximate surface area is 131 Å². The summed E-state index contributed by atoms with van der Waals surface area (Å²) in [4.78, 5) is 11.7. The van der Waals surface area contributed by atoms with E-state index in [1.807, 2.05) is 0 Å². The first-order valence-corrected chi connectivity index (χ1v) is 7.96. The number of nitrogens with two attached hydrogens (primary N) is 1. The maximum atomic E-state index is 12.7. The zero-order valence-corrected chi connectivity index (χ0v) is 13.2. The highest BCUT2D eigenvalue weighted by Crippen LogP contribution is 2.22. The summed E-state index contributed by atoms with van der Waals surface area (Å²) in [7, 11) is -4.91. The molecule has 0 heterocycles. The predicted octanol–water partition coefficient (Wildman–Crippen LogP) is 1.42. The molecule has 0 bridgehead atoms. The first-order valence-electron chi connectivity index (χ1n) is 5.28. The van der Waals surface area contributed by atoms with E-state index >= 15 is 0 Å². The third-order valence-electron chi connectivity index (χ3n) is 2.34. The van der Waals surface area contributed by atoms with Crippen LogP contribution in [0, 0.1) is 3.57 Å². The number of benzene rings is 1. The molecule has 0 radical (unpaired) electrons. The fraction of sp³-hybridized carbons (Fsp3) is 0.300. The van der Waals surface area contributed by atoms with Crippen molar-refractivity contribution in [3.8, 4) is 0 Å². The fourth-order valence-corrected chi connectivity index (χ4v) is 2.55. The van der Waals surface area contributed by atoms with Gasteiger partial charge in [-0.05, 0) is 40.8 Å². The summed E-state index contributed by atoms with van der Waals surface area (Å²) in [5.74, 6) is -2.78. The van der Waals surface area contributed by atoms with Crippen molar-refractivity contribution >= 4 is 44.3 Å². The fourth-order valence-electron chi connectivity index (χ4n) is 1.34. The maximum Gasteiger partial charge on any atom is 0.409 e. The molecule has 0 aliphatic rings. The second kappa shape index (κ2) is 6.36. The number of carbonyl (C=O) groups is 1. The smallest absolute Gasteiger partial charge is 0.398 e. The average Bonchev–Trinajstić information content (AvgIpc) is 2.28. The number of rotatable bonds is 4. The molecule has 1 unspecified atom stereocenters. The molecule has 1 atom stereocenters. The van der Waals surface area contributed by atoms with E-state index in [-0.39, 0.29) is 5.56 Å². The largest absolute Gasteiger partial charge is 0.409 e. The summed E-state index contributed by atoms with van der Waals surface area (Å²) in [6.07, 6.45) is -5.02. The summed E-state index contributed by atoms with van der Waals surface area (Å²) in [6.45, 7) is 0. The van der Waals surface area contributed by atoms with Crippen LogP contribution in [0.25, 0.3) is 0 Å². The predicted molar refractivity (Wildman–Crippen MR) is 77.3 cm³/mol. The van der Waals surface area contributed by atoms with Crippen LogP contribution in [0.3, 0.4) is 0 Å². The van der Waals surface area contributed by atoms with Crippen LogP contribution < -0.4 is 11.1 Å². The molecule has 0 aliphatic carbocycles. The molecule has 0 fully saturated rings. The lowest BCUT2D eigenvalue weighted by Gasteiger charge is -2.20. The first-order chi connectivity index (χ1) is 9.40. The Morgan fingerprint density at radius 1 is 1.43 bits per heavy atom. The summed E-state index contributed by atoms with van der Waals surface area (Å²) < 4.78 is 68.1. The number of hydrogen-bond acceptors (Lipinski definition) is 4. The standard InChI is InChI=1S/C10H10F3IN2O4S/c11-10(12,13)8(4-21(18,19)20)16-9(17)5-1-2-7(15)6(14)3-5/h1-3,8H,4,15H2,(H,16,17)(H,18,19,20). The second-order valence-electron chi connectivity index (χ2n) is 4.05. The van der Waals surface area contributed by atoms with Gasteiger partial charge in [-0.3, -0.25) is 9.35 Å². The molecule has 0 saturated carbocycles. The van der Waals surface area contributed by atoms with Gasteiger partial charge in [0.05, 0.1) is 0 Å². The van der Waals surface area contributed by atoms with E-state index in [1.54, 1.807) is 22.6 Å². The highest BCUT2D eigenvalue weighted by Gasteiger charge is 2.43. The number of nitrogen functional groups attached to an aromatic ring is 1. The number of anilines is 1. The van der Waals surface area contributed by atoms with Crippen LogP contribution in [-0.2, 0) is 10.1 Å². The summed E-state index contributed by atoms with van der Waals surface area (Å²) in [6, 6.07) is 1.08. The van der Waals surface area contributed by atoms with Gasteiger partial charge in [0.15, 0.2) is 0 Å². The lowest BCUT2D eigenvalue weighted by Crippen LogP contribution is -2.49. The van der Waals surface area contributed by atoms with Crippen molar-refractivity contribution in [3.63, 3.8) is 0 Å². The van der Waals surface area contributed by atoms with Crippen molar-refractivity contribution < 1.29 is 30.9 Å². The average molecular weight is 438 g/mol. The van der Waals surface area contributed by atoms with Gasteiger partial charge in [0.2, 0.25) is 0 Å². The van der Waals surface area contributed by atoms with Gasteiger partial charge < -0.3 is 11.1 Å². The van der Waals surface area contributed by atoms with Crippen molar-refractivity contribution in [2.45, 2.75) is 12.2 Å². The molecule has 0 saturated heterocycles. The van der Waals surface area contributed by atoms with Gasteiger partial charge in [-0.1, -0.05) is 0 Å². The molecule has 1 amide bonds. The topological polar surface area (TPSA) is 109 Å². The Morgan fingerprint density at radius 3 is 2.43 bits per heavy atom. The lowest BCUT2D eigenvalue weighted by molar-refractivity contribution is -0.148. The van der Waals surface area contributed by atoms with Crippen LogP contribution in [0.4, 0.5) is 18.9 Å². The number of halogens is 4. The zero-order valence-electron chi connectivity index (χ0n) is 10.2. The van der Waals surface area contributed by atoms with Crippen LogP contribution in [0.5, 0.6) is 0 Å². The maximum absolute atomic E-state index is 12.7. The number of hydrogen-bond donors (Lipinski definition) is 3. The van der Waals surface area contributed by atoms with Crippen LogP contribution in [-0.4, -0.2) is 36.8 Å². The second-order valence-corrected chi connectivity index (χ2v) is 6.71. The number of carbonyl (C=O) groups excluding carboxylic acids is 1. The molecule has 11 heteroatoms. The van der Waals surface area contributed by atoms with Gasteiger partial charge in [-0.15, -0.1) is 0 Å². The van der Waals surface area contributed by atoms with E-state index in [1.165, 1.54) is 23.5 Å². The van der Waals surface area contributed by atoms with E-state index in [0.717, 1.165) is 0 Å². The molecule has 6 nitrogen and oxygen atoms in total. The van der Waals surface area contributed by atoms with E-state index in [4.69, 9.17) is 10.3 Å². The normalized spacial score (nSPS) is 13.8. The minimum absolute atomic E-state index is 0.113. The van der Waals surface area contributed by atoms with Gasteiger partial charge in [-0.2, -0.15) is 21.6 Å². The minimum atomic E-state index is -5.02. The van der Waals surface area contributed by atoms with E-state index in [0.29, 0.717) is 9.26 Å². The van der Waals surface area contributed by atoms with Gasteiger partial charge in [0.25, 0.3) is 16.0 Å². The number of nitrogens with one attached hydrogen (secondary N) is 1. The van der Waals surface area contributed by atoms with Crippen molar-refractivity contribution in [1.82, 2.24) is 5.32 Å². The van der Waals surface area contributed by atoms with Crippen molar-refractivity contribution in [2.24, 2.45) is 0 Å². The summed E-state index contributed by atoms with van der Waals surface area (Å²) >= 11 is 1.79. The molecule has 1 aromatic carbocycles. The molecular weight excluding hydrogens is 428 g/mol. The van der Waals surface area contributed by atoms with E-state index in [9.17, 15) is 26.4 Å². The Balaban J connectivity index is 2.98. The van der Waals surface area contributed by atoms with Gasteiger partial charge >= 0.3 is 6.18 Å². The molecule has 21 heavy (non-hydrogen) atoms.